The number of para-hydroxylation sites is 2. The zero-order valence-corrected chi connectivity index (χ0v) is 12.3. The van der Waals surface area contributed by atoms with E-state index in [9.17, 15) is 0 Å². The molecule has 0 bridgehead atoms. The van der Waals surface area contributed by atoms with Crippen LogP contribution in [-0.4, -0.2) is 35.1 Å². The van der Waals surface area contributed by atoms with E-state index >= 15 is 0 Å². The SMILES string of the molecule is CCNC(=NCCCn1cnc2ccccc21)NCC. The fraction of sp³-hybridized carbons (Fsp3) is 0.467. The molecule has 1 aromatic carbocycles. The van der Waals surface area contributed by atoms with Crippen LogP contribution in [0.25, 0.3) is 11.0 Å². The molecule has 0 saturated carbocycles. The van der Waals surface area contributed by atoms with Gasteiger partial charge in [-0.15, -0.1) is 0 Å². The number of aliphatic imine (C=N–C) groups is 1. The number of guanidine groups is 1. The highest BCUT2D eigenvalue weighted by molar-refractivity contribution is 5.79. The summed E-state index contributed by atoms with van der Waals surface area (Å²) in [4.78, 5) is 8.94. The van der Waals surface area contributed by atoms with Crippen molar-refractivity contribution in [1.29, 1.82) is 0 Å². The summed E-state index contributed by atoms with van der Waals surface area (Å²) in [6, 6.07) is 8.21. The number of aryl methyl sites for hydroxylation is 1. The second-order valence-corrected chi connectivity index (χ2v) is 4.57. The maximum absolute atomic E-state index is 4.54. The Kier molecular flexibility index (Phi) is 5.41. The summed E-state index contributed by atoms with van der Waals surface area (Å²) in [6.45, 7) is 7.67. The average Bonchev–Trinajstić information content (AvgIpc) is 2.87. The van der Waals surface area contributed by atoms with Crippen LogP contribution in [0.15, 0.2) is 35.6 Å². The number of hydrogen-bond acceptors (Lipinski definition) is 2. The Bertz CT molecular complexity index is 550. The number of rotatable bonds is 6. The largest absolute Gasteiger partial charge is 0.357 e. The molecule has 0 fully saturated rings. The molecule has 0 saturated heterocycles. The standard InChI is InChI=1S/C15H23N5/c1-3-16-15(17-4-2)18-10-7-11-20-12-19-13-8-5-6-9-14(13)20/h5-6,8-9,12H,3-4,7,10-11H2,1-2H3,(H2,16,17,18). The molecule has 0 radical (unpaired) electrons. The molecule has 0 unspecified atom stereocenters. The van der Waals surface area contributed by atoms with Gasteiger partial charge >= 0.3 is 0 Å². The molecule has 1 aromatic heterocycles. The van der Waals surface area contributed by atoms with Gasteiger partial charge in [0.25, 0.3) is 0 Å². The molecule has 0 aliphatic rings. The van der Waals surface area contributed by atoms with E-state index in [1.807, 2.05) is 24.5 Å². The summed E-state index contributed by atoms with van der Waals surface area (Å²) in [5, 5.41) is 6.45. The predicted molar refractivity (Wildman–Crippen MR) is 84.0 cm³/mol. The van der Waals surface area contributed by atoms with Gasteiger partial charge < -0.3 is 15.2 Å². The lowest BCUT2D eigenvalue weighted by Crippen LogP contribution is -2.37. The van der Waals surface area contributed by atoms with Gasteiger partial charge in [0.15, 0.2) is 5.96 Å². The highest BCUT2D eigenvalue weighted by atomic mass is 15.2. The van der Waals surface area contributed by atoms with E-state index in [0.29, 0.717) is 0 Å². The number of fused-ring (bicyclic) bond motifs is 1. The van der Waals surface area contributed by atoms with E-state index in [0.717, 1.165) is 44.1 Å². The quantitative estimate of drug-likeness (QED) is 0.481. The Hall–Kier alpha value is -2.04. The zero-order valence-electron chi connectivity index (χ0n) is 12.3. The van der Waals surface area contributed by atoms with Crippen molar-refractivity contribution in [2.45, 2.75) is 26.8 Å². The number of nitrogens with one attached hydrogen (secondary N) is 2. The first-order valence-electron chi connectivity index (χ1n) is 7.27. The highest BCUT2D eigenvalue weighted by Crippen LogP contribution is 2.11. The monoisotopic (exact) mass is 273 g/mol. The molecule has 5 heteroatoms. The molecule has 5 nitrogen and oxygen atoms in total. The van der Waals surface area contributed by atoms with Crippen LogP contribution < -0.4 is 10.6 Å². The van der Waals surface area contributed by atoms with Gasteiger partial charge in [0, 0.05) is 26.2 Å². The molecule has 2 aromatic rings. The third-order valence-corrected chi connectivity index (χ3v) is 3.04. The van der Waals surface area contributed by atoms with Crippen molar-refractivity contribution >= 4 is 17.0 Å². The fourth-order valence-corrected chi connectivity index (χ4v) is 2.13. The minimum Gasteiger partial charge on any atom is -0.357 e. The number of imidazole rings is 1. The van der Waals surface area contributed by atoms with E-state index in [-0.39, 0.29) is 0 Å². The molecule has 1 heterocycles. The third kappa shape index (κ3) is 3.73. The Labute approximate surface area is 120 Å². The molecule has 0 amide bonds. The summed E-state index contributed by atoms with van der Waals surface area (Å²) in [5.41, 5.74) is 2.24. The number of aromatic nitrogens is 2. The van der Waals surface area contributed by atoms with Gasteiger partial charge in [0.1, 0.15) is 0 Å². The second kappa shape index (κ2) is 7.53. The molecule has 108 valence electrons. The van der Waals surface area contributed by atoms with Crippen LogP contribution >= 0.6 is 0 Å². The lowest BCUT2D eigenvalue weighted by Gasteiger charge is -2.09. The van der Waals surface area contributed by atoms with E-state index in [1.165, 1.54) is 5.52 Å². The van der Waals surface area contributed by atoms with Gasteiger partial charge in [0.2, 0.25) is 0 Å². The van der Waals surface area contributed by atoms with E-state index in [4.69, 9.17) is 0 Å². The first-order chi connectivity index (χ1) is 9.85. The number of nitrogens with zero attached hydrogens (tertiary/aromatic N) is 3. The first kappa shape index (κ1) is 14.4. The molecule has 2 rings (SSSR count). The van der Waals surface area contributed by atoms with Gasteiger partial charge in [0.05, 0.1) is 17.4 Å². The van der Waals surface area contributed by atoms with Crippen LogP contribution in [0.1, 0.15) is 20.3 Å². The van der Waals surface area contributed by atoms with Gasteiger partial charge in [-0.25, -0.2) is 4.98 Å². The minimum absolute atomic E-state index is 0.807. The van der Waals surface area contributed by atoms with Crippen molar-refractivity contribution in [2.24, 2.45) is 4.99 Å². The Balaban J connectivity index is 1.87. The number of hydrogen-bond donors (Lipinski definition) is 2. The molecule has 2 N–H and O–H groups in total. The fourth-order valence-electron chi connectivity index (χ4n) is 2.13. The van der Waals surface area contributed by atoms with Gasteiger partial charge in [-0.1, -0.05) is 12.1 Å². The van der Waals surface area contributed by atoms with Gasteiger partial charge in [-0.05, 0) is 32.4 Å². The Morgan fingerprint density at radius 2 is 1.95 bits per heavy atom. The number of benzene rings is 1. The Morgan fingerprint density at radius 1 is 1.20 bits per heavy atom. The summed E-state index contributed by atoms with van der Waals surface area (Å²) < 4.78 is 2.19. The van der Waals surface area contributed by atoms with Crippen molar-refractivity contribution in [3.05, 3.63) is 30.6 Å². The summed E-state index contributed by atoms with van der Waals surface area (Å²) in [7, 11) is 0. The predicted octanol–water partition coefficient (Wildman–Crippen LogP) is 2.00. The Morgan fingerprint density at radius 3 is 2.70 bits per heavy atom. The maximum atomic E-state index is 4.54. The highest BCUT2D eigenvalue weighted by Gasteiger charge is 2.00. The van der Waals surface area contributed by atoms with Gasteiger partial charge in [-0.3, -0.25) is 4.99 Å². The van der Waals surface area contributed by atoms with Crippen LogP contribution in [0.3, 0.4) is 0 Å². The van der Waals surface area contributed by atoms with E-state index < -0.39 is 0 Å². The van der Waals surface area contributed by atoms with Crippen LogP contribution in [0.2, 0.25) is 0 Å². The van der Waals surface area contributed by atoms with Crippen molar-refractivity contribution in [1.82, 2.24) is 20.2 Å². The molecule has 0 aliphatic carbocycles. The summed E-state index contributed by atoms with van der Waals surface area (Å²) >= 11 is 0. The molecular weight excluding hydrogens is 250 g/mol. The van der Waals surface area contributed by atoms with Crippen molar-refractivity contribution in [2.75, 3.05) is 19.6 Å². The molecular formula is C15H23N5. The lowest BCUT2D eigenvalue weighted by atomic mass is 10.3. The molecule has 0 spiro atoms. The van der Waals surface area contributed by atoms with Crippen molar-refractivity contribution in [3.63, 3.8) is 0 Å². The van der Waals surface area contributed by atoms with Crippen LogP contribution in [0.5, 0.6) is 0 Å². The van der Waals surface area contributed by atoms with Gasteiger partial charge in [-0.2, -0.15) is 0 Å². The summed E-state index contributed by atoms with van der Waals surface area (Å²) in [5.74, 6) is 0.894. The molecule has 0 aliphatic heterocycles. The molecule has 20 heavy (non-hydrogen) atoms. The first-order valence-corrected chi connectivity index (χ1v) is 7.27. The smallest absolute Gasteiger partial charge is 0.191 e. The maximum Gasteiger partial charge on any atom is 0.191 e. The zero-order chi connectivity index (χ0) is 14.2. The van der Waals surface area contributed by atoms with E-state index in [1.54, 1.807) is 0 Å². The summed E-state index contributed by atoms with van der Waals surface area (Å²) in [6.07, 6.45) is 2.91. The van der Waals surface area contributed by atoms with Crippen LogP contribution in [0.4, 0.5) is 0 Å². The minimum atomic E-state index is 0.807. The van der Waals surface area contributed by atoms with Crippen molar-refractivity contribution in [3.8, 4) is 0 Å². The normalized spacial score (nSPS) is 10.5. The third-order valence-electron chi connectivity index (χ3n) is 3.04. The lowest BCUT2D eigenvalue weighted by molar-refractivity contribution is 0.662. The van der Waals surface area contributed by atoms with Crippen LogP contribution in [-0.2, 0) is 6.54 Å². The van der Waals surface area contributed by atoms with Crippen molar-refractivity contribution < 1.29 is 0 Å². The topological polar surface area (TPSA) is 54.2 Å². The average molecular weight is 273 g/mol. The van der Waals surface area contributed by atoms with Crippen LogP contribution in [0, 0.1) is 0 Å². The van der Waals surface area contributed by atoms with E-state index in [2.05, 4.69) is 45.1 Å². The second-order valence-electron chi connectivity index (χ2n) is 4.57. The molecule has 0 atom stereocenters.